The molecule has 0 radical (unpaired) electrons. The number of nitrogens with zero attached hydrogens (tertiary/aromatic N) is 6. The summed E-state index contributed by atoms with van der Waals surface area (Å²) in [7, 11) is 0. The Morgan fingerprint density at radius 1 is 1.00 bits per heavy atom. The second kappa shape index (κ2) is 12.6. The van der Waals surface area contributed by atoms with Crippen molar-refractivity contribution >= 4 is 40.9 Å². The molecule has 2 aromatic carbocycles. The average molecular weight is 725 g/mol. The summed E-state index contributed by atoms with van der Waals surface area (Å²) >= 11 is 0. The Morgan fingerprint density at radius 2 is 1.75 bits per heavy atom. The Balaban J connectivity index is 0.846. The van der Waals surface area contributed by atoms with Gasteiger partial charge in [-0.15, -0.1) is 0 Å². The number of alkyl halides is 3. The van der Waals surface area contributed by atoms with Crippen molar-refractivity contribution in [3.63, 3.8) is 0 Å². The van der Waals surface area contributed by atoms with E-state index in [1.54, 1.807) is 30.6 Å². The van der Waals surface area contributed by atoms with E-state index >= 15 is 0 Å². The smallest absolute Gasteiger partial charge is 0.368 e. The van der Waals surface area contributed by atoms with Gasteiger partial charge < -0.3 is 10.2 Å². The molecule has 3 aromatic rings. The van der Waals surface area contributed by atoms with E-state index in [4.69, 9.17) is 5.26 Å². The molecule has 1 unspecified atom stereocenters. The fourth-order valence-electron chi connectivity index (χ4n) is 7.54. The van der Waals surface area contributed by atoms with E-state index in [1.165, 1.54) is 16.8 Å². The van der Waals surface area contributed by atoms with Crippen LogP contribution < -0.4 is 15.5 Å². The number of carbonyl (C=O) groups excluding carboxylic acids is 5. The summed E-state index contributed by atoms with van der Waals surface area (Å²) < 4.78 is 41.9. The fourth-order valence-corrected chi connectivity index (χ4v) is 7.54. The number of likely N-dealkylation sites (tertiary alicyclic amines) is 1. The van der Waals surface area contributed by atoms with Crippen LogP contribution >= 0.6 is 0 Å². The number of hydrogen-bond donors (Lipinski definition) is 2. The average Bonchev–Trinajstić information content (AvgIpc) is 3.62. The lowest BCUT2D eigenvalue weighted by molar-refractivity contribution is -0.138. The summed E-state index contributed by atoms with van der Waals surface area (Å²) in [6.07, 6.45) is 0.353. The molecule has 1 aromatic heterocycles. The van der Waals surface area contributed by atoms with Crippen molar-refractivity contribution in [3.05, 3.63) is 76.6 Å². The van der Waals surface area contributed by atoms with E-state index in [1.807, 2.05) is 0 Å². The van der Waals surface area contributed by atoms with E-state index in [0.717, 1.165) is 55.3 Å². The number of amides is 5. The molecule has 5 heterocycles. The van der Waals surface area contributed by atoms with Crippen molar-refractivity contribution in [1.82, 2.24) is 24.9 Å². The first-order valence-electron chi connectivity index (χ1n) is 17.2. The summed E-state index contributed by atoms with van der Waals surface area (Å²) in [5, 5.41) is 18.2. The minimum Gasteiger partial charge on any atom is -0.368 e. The van der Waals surface area contributed by atoms with Crippen molar-refractivity contribution in [2.45, 2.75) is 55.9 Å². The number of halogens is 3. The summed E-state index contributed by atoms with van der Waals surface area (Å²) in [6, 6.07) is 9.01. The van der Waals surface area contributed by atoms with Crippen LogP contribution in [0.2, 0.25) is 0 Å². The summed E-state index contributed by atoms with van der Waals surface area (Å²) in [5.41, 5.74) is -0.823. The second-order valence-corrected chi connectivity index (χ2v) is 14.0. The Hall–Kier alpha value is -6.00. The van der Waals surface area contributed by atoms with Crippen LogP contribution in [0.25, 0.3) is 0 Å². The number of hydrogen-bond acceptors (Lipinski definition) is 9. The van der Waals surface area contributed by atoms with Crippen molar-refractivity contribution in [2.75, 3.05) is 36.4 Å². The molecular formula is C37H31F3N8O5. The van der Waals surface area contributed by atoms with Gasteiger partial charge in [0, 0.05) is 62.1 Å². The number of aromatic nitrogens is 2. The summed E-state index contributed by atoms with van der Waals surface area (Å²) in [4.78, 5) is 68.9. The number of nitrogens with one attached hydrogen (secondary N) is 2. The van der Waals surface area contributed by atoms with E-state index < -0.39 is 58.4 Å². The van der Waals surface area contributed by atoms with Gasteiger partial charge in [0.25, 0.3) is 17.7 Å². The highest BCUT2D eigenvalue weighted by Crippen LogP contribution is 2.41. The standard InChI is InChI=1S/C37H31F3N8O5/c38-37(39,40)29-12-24(5-4-23(29)14-41)43-35(53)36(10-1-11-36)47-18-21(15-42-47)2-3-22-16-45(17-22)26-19-46(20-26)25-6-7-27-28(13-25)34(52)48(33(27)51)30-8-9-31(49)44-32(30)50/h4-7,12-13,15,18,22,26,30H,1,8-11,16-17,19-20H2,(H,43,53)(H,44,49,50). The SMILES string of the molecule is N#Cc1ccc(NC(=O)C2(n3cc(C#CC4CN(C5CN(c6ccc7c(c6)C(=O)N(C6CCC(=O)NC6=O)C7=O)C5)C4)cn3)CCC2)cc1C(F)(F)F. The Kier molecular flexibility index (Phi) is 8.10. The number of nitriles is 1. The maximum atomic E-state index is 13.5. The van der Waals surface area contributed by atoms with E-state index in [9.17, 15) is 37.1 Å². The van der Waals surface area contributed by atoms with Crippen LogP contribution in [0.5, 0.6) is 0 Å². The molecular weight excluding hydrogens is 693 g/mol. The first kappa shape index (κ1) is 34.1. The number of carbonyl (C=O) groups is 5. The maximum absolute atomic E-state index is 13.5. The molecule has 16 heteroatoms. The summed E-state index contributed by atoms with van der Waals surface area (Å²) in [5.74, 6) is 3.93. The molecule has 4 fully saturated rings. The van der Waals surface area contributed by atoms with Gasteiger partial charge >= 0.3 is 6.18 Å². The zero-order chi connectivity index (χ0) is 37.2. The molecule has 3 saturated heterocycles. The maximum Gasteiger partial charge on any atom is 0.417 e. The lowest BCUT2D eigenvalue weighted by Gasteiger charge is -2.51. The molecule has 2 N–H and O–H groups in total. The zero-order valence-corrected chi connectivity index (χ0v) is 28.1. The second-order valence-electron chi connectivity index (χ2n) is 14.0. The molecule has 0 spiro atoms. The van der Waals surface area contributed by atoms with Crippen LogP contribution in [-0.2, 0) is 26.1 Å². The highest BCUT2D eigenvalue weighted by Gasteiger charge is 2.48. The monoisotopic (exact) mass is 724 g/mol. The zero-order valence-electron chi connectivity index (χ0n) is 28.1. The lowest BCUT2D eigenvalue weighted by atomic mass is 9.76. The van der Waals surface area contributed by atoms with Gasteiger partial charge in [-0.3, -0.25) is 43.8 Å². The molecule has 270 valence electrons. The molecule has 5 aliphatic rings. The van der Waals surface area contributed by atoms with Gasteiger partial charge in [0.1, 0.15) is 11.6 Å². The highest BCUT2D eigenvalue weighted by atomic mass is 19.4. The highest BCUT2D eigenvalue weighted by molar-refractivity contribution is 6.23. The molecule has 1 saturated carbocycles. The Morgan fingerprint density at radius 3 is 2.43 bits per heavy atom. The van der Waals surface area contributed by atoms with Crippen LogP contribution in [0.15, 0.2) is 48.8 Å². The third kappa shape index (κ3) is 5.89. The van der Waals surface area contributed by atoms with Gasteiger partial charge in [-0.1, -0.05) is 11.8 Å². The number of rotatable bonds is 6. The minimum absolute atomic E-state index is 0.0545. The van der Waals surface area contributed by atoms with Gasteiger partial charge in [0.15, 0.2) is 0 Å². The molecule has 5 amide bonds. The first-order valence-corrected chi connectivity index (χ1v) is 17.2. The van der Waals surface area contributed by atoms with Gasteiger partial charge in [-0.05, 0) is 62.1 Å². The van der Waals surface area contributed by atoms with Gasteiger partial charge in [-0.25, -0.2) is 0 Å². The third-order valence-corrected chi connectivity index (χ3v) is 10.8. The van der Waals surface area contributed by atoms with E-state index in [-0.39, 0.29) is 35.6 Å². The predicted octanol–water partition coefficient (Wildman–Crippen LogP) is 2.86. The Bertz CT molecular complexity index is 2200. The van der Waals surface area contributed by atoms with Gasteiger partial charge in [-0.2, -0.15) is 23.5 Å². The lowest BCUT2D eigenvalue weighted by Crippen LogP contribution is -2.65. The Labute approximate surface area is 300 Å². The topological polar surface area (TPSA) is 161 Å². The number of imide groups is 2. The minimum atomic E-state index is -4.74. The van der Waals surface area contributed by atoms with Crippen LogP contribution in [-0.4, -0.2) is 87.4 Å². The number of benzene rings is 2. The van der Waals surface area contributed by atoms with Crippen LogP contribution in [0.1, 0.15) is 69.5 Å². The van der Waals surface area contributed by atoms with Crippen LogP contribution in [0.4, 0.5) is 24.5 Å². The molecule has 4 aliphatic heterocycles. The van der Waals surface area contributed by atoms with Crippen LogP contribution in [0.3, 0.4) is 0 Å². The molecule has 0 bridgehead atoms. The van der Waals surface area contributed by atoms with E-state index in [2.05, 4.69) is 37.4 Å². The number of anilines is 2. The molecule has 53 heavy (non-hydrogen) atoms. The van der Waals surface area contributed by atoms with Gasteiger partial charge in [0.2, 0.25) is 11.8 Å². The van der Waals surface area contributed by atoms with Crippen molar-refractivity contribution < 1.29 is 37.1 Å². The van der Waals surface area contributed by atoms with E-state index in [0.29, 0.717) is 24.4 Å². The largest absolute Gasteiger partial charge is 0.417 e. The molecule has 1 aliphatic carbocycles. The summed E-state index contributed by atoms with van der Waals surface area (Å²) in [6.45, 7) is 3.01. The van der Waals surface area contributed by atoms with Gasteiger partial charge in [0.05, 0.1) is 40.1 Å². The van der Waals surface area contributed by atoms with Crippen molar-refractivity contribution in [1.29, 1.82) is 5.26 Å². The van der Waals surface area contributed by atoms with Crippen LogP contribution in [0, 0.1) is 29.1 Å². The number of fused-ring (bicyclic) bond motifs is 1. The quantitative estimate of drug-likeness (QED) is 0.288. The predicted molar refractivity (Wildman–Crippen MR) is 180 cm³/mol. The van der Waals surface area contributed by atoms with Crippen molar-refractivity contribution in [3.8, 4) is 17.9 Å². The molecule has 8 rings (SSSR count). The number of piperidine rings is 1. The van der Waals surface area contributed by atoms with Crippen molar-refractivity contribution in [2.24, 2.45) is 5.92 Å². The fraction of sp³-hybridized carbons (Fsp3) is 0.378. The molecule has 13 nitrogen and oxygen atoms in total. The third-order valence-electron chi connectivity index (χ3n) is 10.8. The normalized spacial score (nSPS) is 21.4. The molecule has 1 atom stereocenters. The first-order chi connectivity index (χ1) is 25.3.